The second kappa shape index (κ2) is 7.69. The first-order valence-electron chi connectivity index (χ1n) is 6.88. The Hall–Kier alpha value is -2.47. The van der Waals surface area contributed by atoms with Crippen molar-refractivity contribution in [2.75, 3.05) is 7.05 Å². The summed E-state index contributed by atoms with van der Waals surface area (Å²) >= 11 is 3.36. The van der Waals surface area contributed by atoms with Crippen LogP contribution < -0.4 is 0 Å². The summed E-state index contributed by atoms with van der Waals surface area (Å²) in [4.78, 5) is 24.2. The van der Waals surface area contributed by atoms with Crippen LogP contribution in [-0.2, 0) is 11.3 Å². The third kappa shape index (κ3) is 4.75. The van der Waals surface area contributed by atoms with Gasteiger partial charge < -0.3 is 4.90 Å². The third-order valence-electron chi connectivity index (χ3n) is 3.25. The van der Waals surface area contributed by atoms with Crippen LogP contribution in [0.1, 0.15) is 11.1 Å². The van der Waals surface area contributed by atoms with Crippen molar-refractivity contribution in [2.24, 2.45) is 0 Å². The van der Waals surface area contributed by atoms with E-state index in [2.05, 4.69) is 15.9 Å². The van der Waals surface area contributed by atoms with Crippen LogP contribution in [0.4, 0.5) is 5.69 Å². The maximum absolute atomic E-state index is 12.1. The van der Waals surface area contributed by atoms with Gasteiger partial charge in [-0.1, -0.05) is 40.2 Å². The number of nitro groups is 1. The summed E-state index contributed by atoms with van der Waals surface area (Å²) in [6.45, 7) is 0.466. The first kappa shape index (κ1) is 16.9. The van der Waals surface area contributed by atoms with Gasteiger partial charge in [-0.25, -0.2) is 0 Å². The standard InChI is InChI=1S/C17H15BrN2O3/c1-19(12-13-6-9-15(18)10-7-13)17(21)11-8-14-4-2-3-5-16(14)20(22)23/h2-11H,12H2,1H3/b11-8+. The average molecular weight is 375 g/mol. The number of carbonyl (C=O) groups excluding carboxylic acids is 1. The van der Waals surface area contributed by atoms with E-state index in [9.17, 15) is 14.9 Å². The molecule has 1 amide bonds. The van der Waals surface area contributed by atoms with Crippen LogP contribution in [0.2, 0.25) is 0 Å². The molecule has 0 radical (unpaired) electrons. The van der Waals surface area contributed by atoms with Crippen LogP contribution in [-0.4, -0.2) is 22.8 Å². The number of likely N-dealkylation sites (N-methyl/N-ethyl adjacent to an activating group) is 1. The van der Waals surface area contributed by atoms with Crippen molar-refractivity contribution < 1.29 is 9.72 Å². The first-order chi connectivity index (χ1) is 11.0. The molecule has 0 unspecified atom stereocenters. The highest BCUT2D eigenvalue weighted by molar-refractivity contribution is 9.10. The zero-order valence-electron chi connectivity index (χ0n) is 12.5. The van der Waals surface area contributed by atoms with Crippen LogP contribution >= 0.6 is 15.9 Å². The summed E-state index contributed by atoms with van der Waals surface area (Å²) in [6, 6.07) is 14.0. The molecule has 0 aromatic heterocycles. The topological polar surface area (TPSA) is 63.5 Å². The highest BCUT2D eigenvalue weighted by Gasteiger charge is 2.11. The van der Waals surface area contributed by atoms with Gasteiger partial charge in [0.15, 0.2) is 0 Å². The molecule has 0 aliphatic rings. The van der Waals surface area contributed by atoms with Gasteiger partial charge in [0.1, 0.15) is 0 Å². The summed E-state index contributed by atoms with van der Waals surface area (Å²) in [5.41, 5.74) is 1.39. The number of para-hydroxylation sites is 1. The minimum atomic E-state index is -0.463. The molecule has 2 rings (SSSR count). The second-order valence-corrected chi connectivity index (χ2v) is 5.89. The smallest absolute Gasteiger partial charge is 0.276 e. The molecule has 2 aromatic carbocycles. The molecular weight excluding hydrogens is 360 g/mol. The maximum Gasteiger partial charge on any atom is 0.276 e. The van der Waals surface area contributed by atoms with E-state index in [4.69, 9.17) is 0 Å². The molecule has 0 aliphatic heterocycles. The number of benzene rings is 2. The van der Waals surface area contributed by atoms with Crippen LogP contribution in [0, 0.1) is 10.1 Å². The largest absolute Gasteiger partial charge is 0.338 e. The van der Waals surface area contributed by atoms with Gasteiger partial charge in [0, 0.05) is 30.2 Å². The number of carbonyl (C=O) groups is 1. The lowest BCUT2D eigenvalue weighted by molar-refractivity contribution is -0.385. The van der Waals surface area contributed by atoms with E-state index in [1.165, 1.54) is 18.2 Å². The fourth-order valence-electron chi connectivity index (χ4n) is 2.02. The first-order valence-corrected chi connectivity index (χ1v) is 7.67. The molecule has 0 N–H and O–H groups in total. The minimum Gasteiger partial charge on any atom is -0.338 e. The van der Waals surface area contributed by atoms with Gasteiger partial charge in [0.25, 0.3) is 5.69 Å². The van der Waals surface area contributed by atoms with Crippen LogP contribution in [0.3, 0.4) is 0 Å². The number of amides is 1. The molecular formula is C17H15BrN2O3. The Morgan fingerprint density at radius 3 is 2.52 bits per heavy atom. The number of halogens is 1. The second-order valence-electron chi connectivity index (χ2n) is 4.97. The Labute approximate surface area is 142 Å². The summed E-state index contributed by atoms with van der Waals surface area (Å²) in [7, 11) is 1.69. The van der Waals surface area contributed by atoms with Gasteiger partial charge in [0.05, 0.1) is 10.5 Å². The lowest BCUT2D eigenvalue weighted by Gasteiger charge is -2.15. The number of nitro benzene ring substituents is 1. The molecule has 0 fully saturated rings. The average Bonchev–Trinajstić information content (AvgIpc) is 2.54. The summed E-state index contributed by atoms with van der Waals surface area (Å²) in [6.07, 6.45) is 2.82. The molecule has 0 saturated carbocycles. The van der Waals surface area contributed by atoms with Gasteiger partial charge >= 0.3 is 0 Å². The molecule has 0 aliphatic carbocycles. The number of hydrogen-bond acceptors (Lipinski definition) is 3. The van der Waals surface area contributed by atoms with Crippen molar-refractivity contribution >= 4 is 33.6 Å². The molecule has 0 atom stereocenters. The predicted octanol–water partition coefficient (Wildman–Crippen LogP) is 4.03. The number of hydrogen-bond donors (Lipinski definition) is 0. The van der Waals surface area contributed by atoms with E-state index in [1.807, 2.05) is 24.3 Å². The summed E-state index contributed by atoms with van der Waals surface area (Å²) in [5.74, 6) is -0.217. The Bertz CT molecular complexity index is 742. The van der Waals surface area contributed by atoms with Gasteiger partial charge in [-0.3, -0.25) is 14.9 Å². The monoisotopic (exact) mass is 374 g/mol. The maximum atomic E-state index is 12.1. The highest BCUT2D eigenvalue weighted by Crippen LogP contribution is 2.19. The van der Waals surface area contributed by atoms with Crippen LogP contribution in [0.5, 0.6) is 0 Å². The van der Waals surface area contributed by atoms with E-state index in [1.54, 1.807) is 30.1 Å². The summed E-state index contributed by atoms with van der Waals surface area (Å²) in [5, 5.41) is 10.9. The molecule has 6 heteroatoms. The van der Waals surface area contributed by atoms with E-state index >= 15 is 0 Å². The Balaban J connectivity index is 2.06. The third-order valence-corrected chi connectivity index (χ3v) is 3.78. The van der Waals surface area contributed by atoms with Crippen LogP contribution in [0.15, 0.2) is 59.1 Å². The minimum absolute atomic E-state index is 0.0212. The van der Waals surface area contributed by atoms with Crippen molar-refractivity contribution in [1.29, 1.82) is 0 Å². The molecule has 0 saturated heterocycles. The summed E-state index contributed by atoms with van der Waals surface area (Å²) < 4.78 is 0.978. The number of rotatable bonds is 5. The Morgan fingerprint density at radius 1 is 1.22 bits per heavy atom. The zero-order valence-corrected chi connectivity index (χ0v) is 14.1. The highest BCUT2D eigenvalue weighted by atomic mass is 79.9. The van der Waals surface area contributed by atoms with Crippen molar-refractivity contribution in [1.82, 2.24) is 4.90 Å². The van der Waals surface area contributed by atoms with E-state index in [0.29, 0.717) is 12.1 Å². The van der Waals surface area contributed by atoms with E-state index in [0.717, 1.165) is 10.0 Å². The molecule has 0 heterocycles. The van der Waals surface area contributed by atoms with Crippen molar-refractivity contribution in [2.45, 2.75) is 6.54 Å². The quantitative estimate of drug-likeness (QED) is 0.450. The molecule has 5 nitrogen and oxygen atoms in total. The Morgan fingerprint density at radius 2 is 1.87 bits per heavy atom. The molecule has 118 valence electrons. The van der Waals surface area contributed by atoms with Gasteiger partial charge in [-0.15, -0.1) is 0 Å². The molecule has 0 bridgehead atoms. The Kier molecular flexibility index (Phi) is 5.65. The normalized spacial score (nSPS) is 10.7. The van der Waals surface area contributed by atoms with Crippen molar-refractivity contribution in [3.63, 3.8) is 0 Å². The van der Waals surface area contributed by atoms with E-state index < -0.39 is 4.92 Å². The molecule has 2 aromatic rings. The van der Waals surface area contributed by atoms with Crippen LogP contribution in [0.25, 0.3) is 6.08 Å². The zero-order chi connectivity index (χ0) is 16.8. The van der Waals surface area contributed by atoms with Gasteiger partial charge in [0.2, 0.25) is 5.91 Å². The lowest BCUT2D eigenvalue weighted by atomic mass is 10.1. The van der Waals surface area contributed by atoms with E-state index in [-0.39, 0.29) is 11.6 Å². The van der Waals surface area contributed by atoms with Gasteiger partial charge in [-0.05, 0) is 29.8 Å². The predicted molar refractivity (Wildman–Crippen MR) is 92.7 cm³/mol. The number of nitrogens with zero attached hydrogens (tertiary/aromatic N) is 2. The van der Waals surface area contributed by atoms with Crippen molar-refractivity contribution in [3.8, 4) is 0 Å². The van der Waals surface area contributed by atoms with Crippen molar-refractivity contribution in [3.05, 3.63) is 80.3 Å². The fraction of sp³-hybridized carbons (Fsp3) is 0.118. The molecule has 0 spiro atoms. The lowest BCUT2D eigenvalue weighted by Crippen LogP contribution is -2.24. The fourth-order valence-corrected chi connectivity index (χ4v) is 2.29. The SMILES string of the molecule is CN(Cc1ccc(Br)cc1)C(=O)/C=C/c1ccccc1[N+](=O)[O-]. The molecule has 23 heavy (non-hydrogen) atoms. The van der Waals surface area contributed by atoms with Gasteiger partial charge in [-0.2, -0.15) is 0 Å².